The third kappa shape index (κ3) is 4.53. The van der Waals surface area contributed by atoms with Crippen molar-refractivity contribution in [2.24, 2.45) is 0 Å². The minimum atomic E-state index is -4.55. The fourth-order valence-electron chi connectivity index (χ4n) is 2.71. The van der Waals surface area contributed by atoms with Gasteiger partial charge >= 0.3 is 12.4 Å². The Kier molecular flexibility index (Phi) is 5.48. The molecule has 0 saturated heterocycles. The normalized spacial score (nSPS) is 12.4. The summed E-state index contributed by atoms with van der Waals surface area (Å²) in [5.41, 5.74) is -0.633. The van der Waals surface area contributed by atoms with Crippen molar-refractivity contribution >= 4 is 24.0 Å². The second-order valence-electron chi connectivity index (χ2n) is 6.07. The van der Waals surface area contributed by atoms with E-state index in [-0.39, 0.29) is 10.6 Å². The first-order valence-corrected chi connectivity index (χ1v) is 9.48. The van der Waals surface area contributed by atoms with Crippen LogP contribution in [0.4, 0.5) is 26.3 Å². The maximum atomic E-state index is 13.2. The van der Waals surface area contributed by atoms with Crippen molar-refractivity contribution in [2.45, 2.75) is 19.3 Å². The van der Waals surface area contributed by atoms with E-state index in [2.05, 4.69) is 4.98 Å². The second-order valence-corrected chi connectivity index (χ2v) is 8.23. The lowest BCUT2D eigenvalue weighted by molar-refractivity contribution is -0.138. The molecule has 146 valence electrons. The molecule has 0 unspecified atom stereocenters. The van der Waals surface area contributed by atoms with E-state index < -0.39 is 31.4 Å². The number of halogens is 6. The maximum absolute atomic E-state index is 13.2. The maximum Gasteiger partial charge on any atom is 0.416 e. The quantitative estimate of drug-likeness (QED) is 0.426. The molecular formula is C20H14F6NP. The zero-order valence-electron chi connectivity index (χ0n) is 14.5. The third-order valence-electron chi connectivity index (χ3n) is 3.97. The van der Waals surface area contributed by atoms with Crippen molar-refractivity contribution < 1.29 is 26.3 Å². The summed E-state index contributed by atoms with van der Waals surface area (Å²) in [5.74, 6) is 0. The predicted octanol–water partition coefficient (Wildman–Crippen LogP) is 5.19. The Morgan fingerprint density at radius 2 is 1.14 bits per heavy atom. The Morgan fingerprint density at radius 3 is 1.57 bits per heavy atom. The molecule has 0 fully saturated rings. The molecule has 0 spiro atoms. The molecule has 3 rings (SSSR count). The number of hydrogen-bond donors (Lipinski definition) is 0. The van der Waals surface area contributed by atoms with E-state index in [0.717, 1.165) is 24.3 Å². The van der Waals surface area contributed by atoms with Gasteiger partial charge in [0.15, 0.2) is 0 Å². The molecule has 1 nitrogen and oxygen atoms in total. The van der Waals surface area contributed by atoms with E-state index >= 15 is 0 Å². The van der Waals surface area contributed by atoms with Gasteiger partial charge in [-0.1, -0.05) is 30.3 Å². The summed E-state index contributed by atoms with van der Waals surface area (Å²) in [6, 6.07) is 14.4. The Morgan fingerprint density at radius 1 is 0.679 bits per heavy atom. The van der Waals surface area contributed by atoms with E-state index in [4.69, 9.17) is 0 Å². The third-order valence-corrected chi connectivity index (χ3v) is 6.26. The van der Waals surface area contributed by atoms with Crippen LogP contribution in [0.25, 0.3) is 0 Å². The lowest BCUT2D eigenvalue weighted by Crippen LogP contribution is -2.25. The summed E-state index contributed by atoms with van der Waals surface area (Å²) < 4.78 is 79.0. The lowest BCUT2D eigenvalue weighted by atomic mass is 10.2. The van der Waals surface area contributed by atoms with Crippen LogP contribution >= 0.6 is 7.92 Å². The van der Waals surface area contributed by atoms with Crippen LogP contribution in [0, 0.1) is 6.92 Å². The number of nitrogens with zero attached hydrogens (tertiary/aromatic N) is 1. The van der Waals surface area contributed by atoms with Crippen molar-refractivity contribution in [1.29, 1.82) is 0 Å². The zero-order chi connectivity index (χ0) is 20.5. The van der Waals surface area contributed by atoms with Crippen LogP contribution in [0.1, 0.15) is 16.8 Å². The molecule has 0 aliphatic rings. The standard InChI is InChI=1S/C20H14F6NP/c1-13-5-2-10-18(27-13)28(16-8-3-6-14(11-16)19(21,22)23)17-9-4-7-15(12-17)20(24,25)26/h2-12H,1H3. The second kappa shape index (κ2) is 7.55. The molecule has 1 heterocycles. The lowest BCUT2D eigenvalue weighted by Gasteiger charge is -2.21. The van der Waals surface area contributed by atoms with Gasteiger partial charge in [0.1, 0.15) is 0 Å². The summed E-state index contributed by atoms with van der Waals surface area (Å²) in [7, 11) is -1.70. The van der Waals surface area contributed by atoms with E-state index in [1.54, 1.807) is 25.1 Å². The molecule has 28 heavy (non-hydrogen) atoms. The summed E-state index contributed by atoms with van der Waals surface area (Å²) in [4.78, 5) is 4.38. The van der Waals surface area contributed by atoms with Crippen LogP contribution in [-0.4, -0.2) is 4.98 Å². The Bertz CT molecular complexity index is 923. The van der Waals surface area contributed by atoms with Gasteiger partial charge in [-0.25, -0.2) is 0 Å². The summed E-state index contributed by atoms with van der Waals surface area (Å²) >= 11 is 0. The minimum Gasteiger partial charge on any atom is -0.253 e. The largest absolute Gasteiger partial charge is 0.416 e. The molecule has 3 aromatic rings. The number of aromatic nitrogens is 1. The van der Waals surface area contributed by atoms with Gasteiger partial charge in [-0.3, -0.25) is 4.98 Å². The van der Waals surface area contributed by atoms with E-state index in [1.807, 2.05) is 0 Å². The first-order chi connectivity index (χ1) is 13.1. The molecular weight excluding hydrogens is 399 g/mol. The van der Waals surface area contributed by atoms with E-state index in [1.165, 1.54) is 24.3 Å². The number of alkyl halides is 6. The van der Waals surface area contributed by atoms with Gasteiger partial charge in [0, 0.05) is 13.6 Å². The first-order valence-electron chi connectivity index (χ1n) is 8.14. The van der Waals surface area contributed by atoms with Crippen LogP contribution in [0.3, 0.4) is 0 Å². The Labute approximate surface area is 158 Å². The molecule has 0 aliphatic heterocycles. The fourth-order valence-corrected chi connectivity index (χ4v) is 5.04. The molecule has 0 radical (unpaired) electrons. The minimum absolute atomic E-state index is 0.280. The van der Waals surface area contributed by atoms with Gasteiger partial charge in [-0.15, -0.1) is 0 Å². The molecule has 2 aromatic carbocycles. The van der Waals surface area contributed by atoms with Gasteiger partial charge in [0.05, 0.1) is 16.6 Å². The number of rotatable bonds is 3. The Hall–Kier alpha value is -2.40. The van der Waals surface area contributed by atoms with E-state index in [0.29, 0.717) is 11.1 Å². The van der Waals surface area contributed by atoms with Crippen molar-refractivity contribution in [1.82, 2.24) is 4.98 Å². The van der Waals surface area contributed by atoms with Gasteiger partial charge in [0.25, 0.3) is 0 Å². The topological polar surface area (TPSA) is 12.9 Å². The molecule has 0 aliphatic carbocycles. The van der Waals surface area contributed by atoms with E-state index in [9.17, 15) is 26.3 Å². The van der Waals surface area contributed by atoms with Crippen molar-refractivity contribution in [3.05, 3.63) is 83.6 Å². The van der Waals surface area contributed by atoms with Gasteiger partial charge in [0.2, 0.25) is 0 Å². The SMILES string of the molecule is Cc1cccc(P(c2cccc(C(F)(F)F)c2)c2cccc(C(F)(F)F)c2)n1. The molecule has 0 amide bonds. The van der Waals surface area contributed by atoms with Crippen LogP contribution in [0.5, 0.6) is 0 Å². The highest BCUT2D eigenvalue weighted by Crippen LogP contribution is 2.37. The highest BCUT2D eigenvalue weighted by molar-refractivity contribution is 7.79. The van der Waals surface area contributed by atoms with Crippen LogP contribution in [0.2, 0.25) is 0 Å². The highest BCUT2D eigenvalue weighted by atomic mass is 31.1. The summed E-state index contributed by atoms with van der Waals surface area (Å²) in [5, 5.41) is 0.560. The molecule has 0 bridgehead atoms. The molecule has 0 saturated carbocycles. The van der Waals surface area contributed by atoms with Gasteiger partial charge < -0.3 is 0 Å². The first kappa shape index (κ1) is 20.3. The van der Waals surface area contributed by atoms with Crippen molar-refractivity contribution in [2.75, 3.05) is 0 Å². The van der Waals surface area contributed by atoms with Gasteiger partial charge in [-0.2, -0.15) is 26.3 Å². The average Bonchev–Trinajstić information content (AvgIpc) is 2.61. The van der Waals surface area contributed by atoms with Crippen molar-refractivity contribution in [3.8, 4) is 0 Å². The molecule has 0 atom stereocenters. The van der Waals surface area contributed by atoms with Gasteiger partial charge in [-0.05, 0) is 53.9 Å². The monoisotopic (exact) mass is 413 g/mol. The van der Waals surface area contributed by atoms with Crippen molar-refractivity contribution in [3.63, 3.8) is 0 Å². The average molecular weight is 413 g/mol. The smallest absolute Gasteiger partial charge is 0.253 e. The van der Waals surface area contributed by atoms with Crippen LogP contribution < -0.4 is 16.0 Å². The summed E-state index contributed by atoms with van der Waals surface area (Å²) in [6.45, 7) is 1.72. The number of aryl methyl sites for hydroxylation is 1. The molecule has 1 aromatic heterocycles. The number of pyridine rings is 1. The van der Waals surface area contributed by atoms with Crippen LogP contribution in [0.15, 0.2) is 66.7 Å². The molecule has 0 N–H and O–H groups in total. The zero-order valence-corrected chi connectivity index (χ0v) is 15.4. The highest BCUT2D eigenvalue weighted by Gasteiger charge is 2.33. The fraction of sp³-hybridized carbons (Fsp3) is 0.150. The van der Waals surface area contributed by atoms with Crippen LogP contribution in [-0.2, 0) is 12.4 Å². The number of benzene rings is 2. The predicted molar refractivity (Wildman–Crippen MR) is 97.7 cm³/mol. The Balaban J connectivity index is 2.20. The summed E-state index contributed by atoms with van der Waals surface area (Å²) in [6.07, 6.45) is -9.10. The number of hydrogen-bond acceptors (Lipinski definition) is 1. The molecule has 8 heteroatoms.